The van der Waals surface area contributed by atoms with Crippen molar-refractivity contribution in [2.45, 2.75) is 12.6 Å². The zero-order valence-electron chi connectivity index (χ0n) is 8.23. The zero-order valence-corrected chi connectivity index (χ0v) is 8.23. The van der Waals surface area contributed by atoms with E-state index in [-0.39, 0.29) is 11.8 Å². The fourth-order valence-electron chi connectivity index (χ4n) is 4.02. The van der Waals surface area contributed by atoms with E-state index in [9.17, 15) is 10.2 Å². The second kappa shape index (κ2) is 2.54. The van der Waals surface area contributed by atoms with Gasteiger partial charge in [-0.05, 0) is 23.7 Å². The lowest BCUT2D eigenvalue weighted by Gasteiger charge is -2.53. The average molecular weight is 206 g/mol. The molecule has 8 atom stereocenters. The first-order chi connectivity index (χ1) is 7.27. The Bertz CT molecular complexity index is 330. The molecule has 0 aromatic carbocycles. The van der Waals surface area contributed by atoms with E-state index in [1.165, 1.54) is 0 Å². The van der Waals surface area contributed by atoms with E-state index in [1.807, 2.05) is 0 Å². The van der Waals surface area contributed by atoms with Gasteiger partial charge in [0.15, 0.2) is 12.6 Å². The van der Waals surface area contributed by atoms with Crippen molar-refractivity contribution in [1.29, 1.82) is 0 Å². The minimum absolute atomic E-state index is 0.0983. The van der Waals surface area contributed by atoms with Crippen LogP contribution in [0.1, 0.15) is 0 Å². The van der Waals surface area contributed by atoms with Crippen molar-refractivity contribution in [1.82, 2.24) is 0 Å². The van der Waals surface area contributed by atoms with Crippen LogP contribution in [-0.4, -0.2) is 22.8 Å². The fraction of sp³-hybridized carbons (Fsp3) is 0.667. The van der Waals surface area contributed by atoms with Gasteiger partial charge in [-0.1, -0.05) is 24.3 Å². The Kier molecular flexibility index (Phi) is 1.44. The van der Waals surface area contributed by atoms with Crippen molar-refractivity contribution in [2.24, 2.45) is 35.5 Å². The quantitative estimate of drug-likeness (QED) is 0.568. The van der Waals surface area contributed by atoms with Crippen molar-refractivity contribution in [3.05, 3.63) is 24.3 Å². The summed E-state index contributed by atoms with van der Waals surface area (Å²) in [4.78, 5) is 0. The SMILES string of the molecule is OC1OC(O)[C@H]2[C@H]3C=C[C@H]([C@@H]4C=C[C@@H]43)[C@@H]12. The third kappa shape index (κ3) is 0.838. The lowest BCUT2D eigenvalue weighted by molar-refractivity contribution is -0.174. The standard InChI is InChI=1S/C12H14O3/c13-11-9-7-3-4-8(6-2-1-5(6)7)10(9)12(14)15-11/h1-14H/t5-,6+,7-,8+,9-,10+,11?,12?. The minimum atomic E-state index is -0.780. The highest BCUT2D eigenvalue weighted by molar-refractivity contribution is 5.28. The zero-order chi connectivity index (χ0) is 10.2. The molecule has 3 nitrogen and oxygen atoms in total. The van der Waals surface area contributed by atoms with Gasteiger partial charge in [-0.25, -0.2) is 0 Å². The molecule has 4 aliphatic carbocycles. The first kappa shape index (κ1) is 8.50. The lowest BCUT2D eigenvalue weighted by atomic mass is 9.50. The molecule has 5 rings (SSSR count). The van der Waals surface area contributed by atoms with Crippen LogP contribution in [0.25, 0.3) is 0 Å². The van der Waals surface area contributed by atoms with Crippen LogP contribution < -0.4 is 0 Å². The molecular weight excluding hydrogens is 192 g/mol. The molecule has 3 heteroatoms. The van der Waals surface area contributed by atoms with Crippen LogP contribution in [-0.2, 0) is 4.74 Å². The molecule has 0 spiro atoms. The normalized spacial score (nSPS) is 63.9. The van der Waals surface area contributed by atoms with Crippen LogP contribution in [0.3, 0.4) is 0 Å². The van der Waals surface area contributed by atoms with Crippen LogP contribution in [0, 0.1) is 35.5 Å². The first-order valence-electron chi connectivity index (χ1n) is 5.65. The summed E-state index contributed by atoms with van der Waals surface area (Å²) in [5, 5.41) is 19.6. The predicted octanol–water partition coefficient (Wildman–Crippen LogP) is 0.504. The Labute approximate surface area is 88.1 Å². The van der Waals surface area contributed by atoms with Crippen LogP contribution in [0.15, 0.2) is 24.3 Å². The number of hydrogen-bond donors (Lipinski definition) is 2. The lowest BCUT2D eigenvalue weighted by Crippen LogP contribution is -2.52. The van der Waals surface area contributed by atoms with Crippen LogP contribution in [0.2, 0.25) is 0 Å². The second-order valence-electron chi connectivity index (χ2n) is 5.15. The first-order valence-corrected chi connectivity index (χ1v) is 5.65. The van der Waals surface area contributed by atoms with Gasteiger partial charge >= 0.3 is 0 Å². The topological polar surface area (TPSA) is 49.7 Å². The van der Waals surface area contributed by atoms with Crippen LogP contribution >= 0.6 is 0 Å². The van der Waals surface area contributed by atoms with Gasteiger partial charge in [-0.15, -0.1) is 0 Å². The summed E-state index contributed by atoms with van der Waals surface area (Å²) in [5.41, 5.74) is 0. The molecule has 0 aromatic heterocycles. The molecule has 15 heavy (non-hydrogen) atoms. The summed E-state index contributed by atoms with van der Waals surface area (Å²) in [6.07, 6.45) is 7.33. The Morgan fingerprint density at radius 2 is 1.07 bits per heavy atom. The van der Waals surface area contributed by atoms with E-state index in [2.05, 4.69) is 24.3 Å². The van der Waals surface area contributed by atoms with Gasteiger partial charge in [0.05, 0.1) is 0 Å². The molecule has 0 aromatic rings. The summed E-state index contributed by atoms with van der Waals surface area (Å²) in [7, 11) is 0. The van der Waals surface area contributed by atoms with E-state index in [1.54, 1.807) is 0 Å². The van der Waals surface area contributed by atoms with E-state index in [0.717, 1.165) is 0 Å². The number of aliphatic hydroxyl groups is 2. The van der Waals surface area contributed by atoms with E-state index < -0.39 is 12.6 Å². The Morgan fingerprint density at radius 3 is 1.47 bits per heavy atom. The van der Waals surface area contributed by atoms with Gasteiger partial charge in [0.2, 0.25) is 0 Å². The Hall–Kier alpha value is -0.640. The summed E-state index contributed by atoms with van der Waals surface area (Å²) in [6, 6.07) is 0. The second-order valence-corrected chi connectivity index (χ2v) is 5.15. The molecular formula is C12H14O3. The molecule has 0 amide bonds. The molecule has 0 radical (unpaired) electrons. The third-order valence-electron chi connectivity index (χ3n) is 4.72. The smallest absolute Gasteiger partial charge is 0.161 e. The summed E-state index contributed by atoms with van der Waals surface area (Å²) in [6.45, 7) is 0. The van der Waals surface area contributed by atoms with Crippen molar-refractivity contribution < 1.29 is 14.9 Å². The van der Waals surface area contributed by atoms with Gasteiger partial charge < -0.3 is 14.9 Å². The van der Waals surface area contributed by atoms with Crippen LogP contribution in [0.4, 0.5) is 0 Å². The molecule has 2 fully saturated rings. The van der Waals surface area contributed by atoms with Crippen LogP contribution in [0.5, 0.6) is 0 Å². The fourth-order valence-corrected chi connectivity index (χ4v) is 4.02. The van der Waals surface area contributed by atoms with Crippen molar-refractivity contribution in [3.8, 4) is 0 Å². The highest BCUT2D eigenvalue weighted by atomic mass is 16.7. The largest absolute Gasteiger partial charge is 0.368 e. The number of rotatable bonds is 0. The molecule has 1 heterocycles. The maximum Gasteiger partial charge on any atom is 0.161 e. The number of hydrogen-bond acceptors (Lipinski definition) is 3. The maximum atomic E-state index is 9.80. The monoisotopic (exact) mass is 206 g/mol. The van der Waals surface area contributed by atoms with E-state index >= 15 is 0 Å². The number of ether oxygens (including phenoxy) is 1. The molecule has 2 unspecified atom stereocenters. The molecule has 2 bridgehead atoms. The maximum absolute atomic E-state index is 9.80. The molecule has 80 valence electrons. The predicted molar refractivity (Wildman–Crippen MR) is 52.3 cm³/mol. The van der Waals surface area contributed by atoms with Crippen molar-refractivity contribution in [3.63, 3.8) is 0 Å². The summed E-state index contributed by atoms with van der Waals surface area (Å²) >= 11 is 0. The third-order valence-corrected chi connectivity index (χ3v) is 4.72. The van der Waals surface area contributed by atoms with Gasteiger partial charge in [-0.2, -0.15) is 0 Å². The number of aliphatic hydroxyl groups excluding tert-OH is 2. The number of allylic oxidation sites excluding steroid dienone is 4. The molecule has 2 N–H and O–H groups in total. The molecule has 1 saturated heterocycles. The average Bonchev–Trinajstić information content (AvgIpc) is 2.44. The van der Waals surface area contributed by atoms with Gasteiger partial charge in [0.25, 0.3) is 0 Å². The Morgan fingerprint density at radius 1 is 0.667 bits per heavy atom. The minimum Gasteiger partial charge on any atom is -0.368 e. The highest BCUT2D eigenvalue weighted by Gasteiger charge is 2.60. The van der Waals surface area contributed by atoms with E-state index in [4.69, 9.17) is 4.74 Å². The van der Waals surface area contributed by atoms with Gasteiger partial charge in [0, 0.05) is 11.8 Å². The van der Waals surface area contributed by atoms with Gasteiger partial charge in [0.1, 0.15) is 0 Å². The summed E-state index contributed by atoms with van der Waals surface area (Å²) < 4.78 is 5.16. The van der Waals surface area contributed by atoms with Crippen molar-refractivity contribution in [2.75, 3.05) is 0 Å². The Balaban J connectivity index is 1.81. The summed E-state index contributed by atoms with van der Waals surface area (Å²) in [5.74, 6) is 2.07. The molecule has 1 saturated carbocycles. The van der Waals surface area contributed by atoms with Crippen molar-refractivity contribution >= 4 is 0 Å². The molecule has 5 aliphatic rings. The highest BCUT2D eigenvalue weighted by Crippen LogP contribution is 2.59. The van der Waals surface area contributed by atoms with E-state index in [0.29, 0.717) is 23.7 Å². The molecule has 1 aliphatic heterocycles. The van der Waals surface area contributed by atoms with Gasteiger partial charge in [-0.3, -0.25) is 0 Å².